The quantitative estimate of drug-likeness (QED) is 0.452. The molecule has 3 heteroatoms. The van der Waals surface area contributed by atoms with Crippen molar-refractivity contribution in [1.29, 1.82) is 0 Å². The summed E-state index contributed by atoms with van der Waals surface area (Å²) in [5.74, 6) is -0.457. The van der Waals surface area contributed by atoms with Gasteiger partial charge in [0.15, 0.2) is 5.78 Å². The zero-order valence-electron chi connectivity index (χ0n) is 6.85. The van der Waals surface area contributed by atoms with Crippen molar-refractivity contribution in [3.8, 4) is 0 Å². The molecule has 62 valence electrons. The molecule has 11 heavy (non-hydrogen) atoms. The van der Waals surface area contributed by atoms with Crippen molar-refractivity contribution in [3.63, 3.8) is 0 Å². The lowest BCUT2D eigenvalue weighted by molar-refractivity contribution is -0.140. The summed E-state index contributed by atoms with van der Waals surface area (Å²) >= 11 is 0. The van der Waals surface area contributed by atoms with E-state index in [1.807, 2.05) is 0 Å². The monoisotopic (exact) mass is 156 g/mol. The van der Waals surface area contributed by atoms with Crippen molar-refractivity contribution >= 4 is 11.8 Å². The molecule has 0 amide bonds. The molecule has 0 aliphatic rings. The maximum absolute atomic E-state index is 10.8. The molecule has 0 aromatic rings. The summed E-state index contributed by atoms with van der Waals surface area (Å²) in [6.07, 6.45) is 0.403. The third-order valence-corrected chi connectivity index (χ3v) is 1.17. The third-order valence-electron chi connectivity index (χ3n) is 1.17. The fraction of sp³-hybridized carbons (Fsp3) is 0.500. The van der Waals surface area contributed by atoms with Crippen molar-refractivity contribution in [1.82, 2.24) is 0 Å². The van der Waals surface area contributed by atoms with E-state index in [1.165, 1.54) is 6.92 Å². The Balaban J connectivity index is 3.70. The molecule has 0 rings (SSSR count). The van der Waals surface area contributed by atoms with Crippen LogP contribution in [0.3, 0.4) is 0 Å². The molecule has 0 saturated carbocycles. The maximum Gasteiger partial charge on any atom is 0.302 e. The van der Waals surface area contributed by atoms with Gasteiger partial charge in [-0.25, -0.2) is 0 Å². The van der Waals surface area contributed by atoms with E-state index < -0.39 is 5.97 Å². The predicted molar refractivity (Wildman–Crippen MR) is 41.1 cm³/mol. The molecular weight excluding hydrogens is 144 g/mol. The van der Waals surface area contributed by atoms with Crippen LogP contribution in [0.4, 0.5) is 0 Å². The molecular formula is C8H12O3. The van der Waals surface area contributed by atoms with Gasteiger partial charge in [-0.3, -0.25) is 9.59 Å². The van der Waals surface area contributed by atoms with Crippen molar-refractivity contribution < 1.29 is 14.3 Å². The van der Waals surface area contributed by atoms with Gasteiger partial charge in [-0.15, -0.1) is 0 Å². The average molecular weight is 156 g/mol. The Kier molecular flexibility index (Phi) is 4.18. The fourth-order valence-electron chi connectivity index (χ4n) is 0.519. The minimum atomic E-state index is -0.393. The highest BCUT2D eigenvalue weighted by Gasteiger charge is 2.04. The van der Waals surface area contributed by atoms with Crippen LogP contribution in [-0.2, 0) is 14.3 Å². The van der Waals surface area contributed by atoms with Crippen LogP contribution >= 0.6 is 0 Å². The number of rotatable bonds is 4. The number of hydrogen-bond donors (Lipinski definition) is 0. The second-order valence-electron chi connectivity index (χ2n) is 2.16. The highest BCUT2D eigenvalue weighted by Crippen LogP contribution is 1.97. The smallest absolute Gasteiger partial charge is 0.302 e. The van der Waals surface area contributed by atoms with Crippen LogP contribution in [0, 0.1) is 0 Å². The van der Waals surface area contributed by atoms with E-state index in [9.17, 15) is 9.59 Å². The number of carbonyl (C=O) groups excluding carboxylic acids is 2. The summed E-state index contributed by atoms with van der Waals surface area (Å²) in [7, 11) is 0. The molecule has 3 nitrogen and oxygen atoms in total. The van der Waals surface area contributed by atoms with Gasteiger partial charge < -0.3 is 4.74 Å². The van der Waals surface area contributed by atoms with Gasteiger partial charge in [-0.1, -0.05) is 13.5 Å². The first-order valence-corrected chi connectivity index (χ1v) is 3.42. The molecule has 0 N–H and O–H groups in total. The average Bonchev–Trinajstić information content (AvgIpc) is 1.98. The Hall–Kier alpha value is -1.12. The Morgan fingerprint density at radius 2 is 2.00 bits per heavy atom. The van der Waals surface area contributed by atoms with Gasteiger partial charge in [0.25, 0.3) is 0 Å². The van der Waals surface area contributed by atoms with Crippen LogP contribution < -0.4 is 0 Å². The van der Waals surface area contributed by atoms with Crippen LogP contribution in [0.15, 0.2) is 12.2 Å². The van der Waals surface area contributed by atoms with Crippen LogP contribution in [0.25, 0.3) is 0 Å². The second-order valence-corrected chi connectivity index (χ2v) is 2.16. The van der Waals surface area contributed by atoms with Crippen molar-refractivity contribution in [3.05, 3.63) is 12.2 Å². The molecule has 0 aromatic carbocycles. The van der Waals surface area contributed by atoms with Gasteiger partial charge in [0.2, 0.25) is 0 Å². The molecule has 0 unspecified atom stereocenters. The highest BCUT2D eigenvalue weighted by molar-refractivity contribution is 5.94. The summed E-state index contributed by atoms with van der Waals surface area (Å²) in [4.78, 5) is 21.1. The van der Waals surface area contributed by atoms with Gasteiger partial charge in [-0.2, -0.15) is 0 Å². The summed E-state index contributed by atoms with van der Waals surface area (Å²) in [6, 6.07) is 0. The number of ketones is 1. The number of esters is 1. The van der Waals surface area contributed by atoms with E-state index in [0.717, 1.165) is 0 Å². The standard InChI is InChI=1S/C8H12O3/c1-4-8(10)6(2)5-11-7(3)9/h2,4-5H2,1,3H3. The first kappa shape index (κ1) is 9.88. The lowest BCUT2D eigenvalue weighted by Gasteiger charge is -2.01. The van der Waals surface area contributed by atoms with E-state index in [4.69, 9.17) is 0 Å². The van der Waals surface area contributed by atoms with E-state index in [2.05, 4.69) is 11.3 Å². The van der Waals surface area contributed by atoms with E-state index in [1.54, 1.807) is 6.92 Å². The van der Waals surface area contributed by atoms with Crippen molar-refractivity contribution in [2.45, 2.75) is 20.3 Å². The summed E-state index contributed by atoms with van der Waals surface area (Å²) in [6.45, 7) is 6.52. The van der Waals surface area contributed by atoms with E-state index >= 15 is 0 Å². The predicted octanol–water partition coefficient (Wildman–Crippen LogP) is 1.08. The zero-order chi connectivity index (χ0) is 8.85. The van der Waals surface area contributed by atoms with Gasteiger partial charge in [0.05, 0.1) is 0 Å². The Morgan fingerprint density at radius 3 is 2.36 bits per heavy atom. The summed E-state index contributed by atoms with van der Waals surface area (Å²) in [5.41, 5.74) is 0.350. The van der Waals surface area contributed by atoms with Crippen molar-refractivity contribution in [2.24, 2.45) is 0 Å². The van der Waals surface area contributed by atoms with E-state index in [0.29, 0.717) is 12.0 Å². The number of Topliss-reactive ketones (excluding diaryl/α,β-unsaturated/α-hetero) is 1. The molecule has 0 heterocycles. The minimum absolute atomic E-state index is 0.0159. The van der Waals surface area contributed by atoms with Crippen LogP contribution in [0.2, 0.25) is 0 Å². The lowest BCUT2D eigenvalue weighted by Crippen LogP contribution is -2.09. The SMILES string of the molecule is C=C(COC(C)=O)C(=O)CC. The van der Waals surface area contributed by atoms with Gasteiger partial charge in [0, 0.05) is 18.9 Å². The van der Waals surface area contributed by atoms with Gasteiger partial charge >= 0.3 is 5.97 Å². The Bertz CT molecular complexity index is 182. The highest BCUT2D eigenvalue weighted by atomic mass is 16.5. The topological polar surface area (TPSA) is 43.4 Å². The molecule has 0 atom stereocenters. The first-order valence-electron chi connectivity index (χ1n) is 3.42. The second kappa shape index (κ2) is 4.66. The van der Waals surface area contributed by atoms with Crippen molar-refractivity contribution in [2.75, 3.05) is 6.61 Å². The molecule has 0 aliphatic heterocycles. The third kappa shape index (κ3) is 4.31. The molecule has 0 bridgehead atoms. The molecule has 0 fully saturated rings. The van der Waals surface area contributed by atoms with E-state index in [-0.39, 0.29) is 12.4 Å². The largest absolute Gasteiger partial charge is 0.461 e. The summed E-state index contributed by atoms with van der Waals surface area (Å²) < 4.78 is 4.57. The number of hydrogen-bond acceptors (Lipinski definition) is 3. The molecule has 0 radical (unpaired) electrons. The fourth-order valence-corrected chi connectivity index (χ4v) is 0.519. The Morgan fingerprint density at radius 1 is 1.45 bits per heavy atom. The number of ether oxygens (including phenoxy) is 1. The Labute approximate surface area is 66.0 Å². The molecule has 0 saturated heterocycles. The lowest BCUT2D eigenvalue weighted by atomic mass is 10.2. The maximum atomic E-state index is 10.8. The summed E-state index contributed by atoms with van der Waals surface area (Å²) in [5, 5.41) is 0. The molecule has 0 aromatic heterocycles. The van der Waals surface area contributed by atoms with Gasteiger partial charge in [-0.05, 0) is 0 Å². The van der Waals surface area contributed by atoms with Gasteiger partial charge in [0.1, 0.15) is 6.61 Å². The molecule has 0 aliphatic carbocycles. The molecule has 0 spiro atoms. The normalized spacial score (nSPS) is 8.91. The first-order chi connectivity index (χ1) is 5.07. The minimum Gasteiger partial charge on any atom is -0.461 e. The number of carbonyl (C=O) groups is 2. The van der Waals surface area contributed by atoms with Crippen LogP contribution in [0.5, 0.6) is 0 Å². The zero-order valence-corrected chi connectivity index (χ0v) is 6.85. The van der Waals surface area contributed by atoms with Crippen LogP contribution in [0.1, 0.15) is 20.3 Å². The van der Waals surface area contributed by atoms with Crippen LogP contribution in [-0.4, -0.2) is 18.4 Å².